The highest BCUT2D eigenvalue weighted by molar-refractivity contribution is 7.18. The van der Waals surface area contributed by atoms with Crippen LogP contribution in [0.15, 0.2) is 36.6 Å². The number of hydroxylamine groups is 1. The van der Waals surface area contributed by atoms with Gasteiger partial charge in [0.15, 0.2) is 5.01 Å². The second-order valence-electron chi connectivity index (χ2n) is 4.10. The van der Waals surface area contributed by atoms with Crippen molar-refractivity contribution in [2.75, 3.05) is 5.06 Å². The molecule has 6 heteroatoms. The van der Waals surface area contributed by atoms with E-state index in [0.717, 1.165) is 22.1 Å². The van der Waals surface area contributed by atoms with Crippen molar-refractivity contribution in [3.05, 3.63) is 41.6 Å². The third-order valence-corrected chi connectivity index (χ3v) is 4.17. The Morgan fingerprint density at radius 1 is 1.37 bits per heavy atom. The third-order valence-electron chi connectivity index (χ3n) is 2.90. The number of nitrogens with zero attached hydrogens (tertiary/aromatic N) is 3. The molecule has 0 bridgehead atoms. The van der Waals surface area contributed by atoms with Crippen molar-refractivity contribution >= 4 is 28.1 Å². The van der Waals surface area contributed by atoms with Gasteiger partial charge in [-0.05, 0) is 18.6 Å². The summed E-state index contributed by atoms with van der Waals surface area (Å²) in [6.45, 7) is 2.10. The lowest BCUT2D eigenvalue weighted by Crippen LogP contribution is -2.27. The summed E-state index contributed by atoms with van der Waals surface area (Å²) in [6.07, 6.45) is 4.65. The first kappa shape index (κ1) is 12.4. The molecule has 0 radical (unpaired) electrons. The zero-order chi connectivity index (χ0) is 13.2. The van der Waals surface area contributed by atoms with Gasteiger partial charge >= 0.3 is 0 Å². The summed E-state index contributed by atoms with van der Waals surface area (Å²) in [5.41, 5.74) is 0.896. The quantitative estimate of drug-likeness (QED) is 0.860. The highest BCUT2D eigenvalue weighted by atomic mass is 35.5. The van der Waals surface area contributed by atoms with Gasteiger partial charge in [-0.3, -0.25) is 0 Å². The molecular weight excluding hydrogens is 282 g/mol. The largest absolute Gasteiger partial charge is 0.385 e. The monoisotopic (exact) mass is 293 g/mol. The number of hydrogen-bond acceptors (Lipinski definition) is 5. The van der Waals surface area contributed by atoms with Gasteiger partial charge < -0.3 is 4.84 Å². The van der Waals surface area contributed by atoms with Crippen molar-refractivity contribution in [3.63, 3.8) is 0 Å². The molecule has 0 amide bonds. The summed E-state index contributed by atoms with van der Waals surface area (Å²) in [5, 5.41) is 12.4. The molecule has 1 aromatic heterocycles. The van der Waals surface area contributed by atoms with Crippen LogP contribution in [0.25, 0.3) is 10.6 Å². The molecule has 0 fully saturated rings. The van der Waals surface area contributed by atoms with Crippen LogP contribution < -0.4 is 5.06 Å². The Balaban J connectivity index is 1.90. The van der Waals surface area contributed by atoms with Crippen LogP contribution >= 0.6 is 22.9 Å². The van der Waals surface area contributed by atoms with E-state index in [1.165, 1.54) is 11.3 Å². The van der Waals surface area contributed by atoms with E-state index in [4.69, 9.17) is 16.4 Å². The Morgan fingerprint density at radius 3 is 3.00 bits per heavy atom. The average molecular weight is 294 g/mol. The Morgan fingerprint density at radius 2 is 2.21 bits per heavy atom. The standard InChI is InChI=1S/C13H12ClN3OS/c1-2-9-7-8-18-17(9)13-16-15-12(19-13)10-5-3-4-6-11(10)14/h3-9H,2H2,1H3. The molecule has 19 heavy (non-hydrogen) atoms. The van der Waals surface area contributed by atoms with E-state index in [9.17, 15) is 0 Å². The van der Waals surface area contributed by atoms with Crippen LogP contribution in [0, 0.1) is 0 Å². The van der Waals surface area contributed by atoms with Crippen LogP contribution in [-0.2, 0) is 4.84 Å². The second kappa shape index (κ2) is 5.19. The molecule has 0 saturated heterocycles. The number of aromatic nitrogens is 2. The molecule has 1 aliphatic heterocycles. The van der Waals surface area contributed by atoms with Crippen LogP contribution in [-0.4, -0.2) is 16.2 Å². The van der Waals surface area contributed by atoms with E-state index in [1.54, 1.807) is 11.3 Å². The van der Waals surface area contributed by atoms with E-state index in [1.807, 2.05) is 30.3 Å². The van der Waals surface area contributed by atoms with E-state index in [2.05, 4.69) is 17.1 Å². The highest BCUT2D eigenvalue weighted by Gasteiger charge is 2.24. The van der Waals surface area contributed by atoms with Crippen LogP contribution in [0.1, 0.15) is 13.3 Å². The van der Waals surface area contributed by atoms with Crippen LogP contribution in [0.2, 0.25) is 5.02 Å². The maximum Gasteiger partial charge on any atom is 0.242 e. The molecule has 98 valence electrons. The van der Waals surface area contributed by atoms with Crippen LogP contribution in [0.5, 0.6) is 0 Å². The molecule has 4 nitrogen and oxygen atoms in total. The minimum absolute atomic E-state index is 0.215. The lowest BCUT2D eigenvalue weighted by Gasteiger charge is -2.19. The van der Waals surface area contributed by atoms with Gasteiger partial charge in [0.05, 0.1) is 11.1 Å². The Kier molecular flexibility index (Phi) is 3.40. The number of anilines is 1. The maximum absolute atomic E-state index is 6.17. The average Bonchev–Trinajstić information content (AvgIpc) is 3.07. The maximum atomic E-state index is 6.17. The van der Waals surface area contributed by atoms with Crippen molar-refractivity contribution < 1.29 is 4.84 Å². The van der Waals surface area contributed by atoms with E-state index < -0.39 is 0 Å². The van der Waals surface area contributed by atoms with E-state index in [-0.39, 0.29) is 6.04 Å². The fraction of sp³-hybridized carbons (Fsp3) is 0.231. The summed E-state index contributed by atoms with van der Waals surface area (Å²) in [7, 11) is 0. The van der Waals surface area contributed by atoms with Gasteiger partial charge in [0.25, 0.3) is 0 Å². The third kappa shape index (κ3) is 2.31. The molecule has 1 unspecified atom stereocenters. The molecular formula is C13H12ClN3OS. The minimum atomic E-state index is 0.215. The van der Waals surface area contributed by atoms with Crippen molar-refractivity contribution in [1.29, 1.82) is 0 Å². The van der Waals surface area contributed by atoms with Gasteiger partial charge in [0.2, 0.25) is 5.13 Å². The number of hydrogen-bond donors (Lipinski definition) is 0. The van der Waals surface area contributed by atoms with Crippen molar-refractivity contribution in [2.45, 2.75) is 19.4 Å². The minimum Gasteiger partial charge on any atom is -0.385 e. The van der Waals surface area contributed by atoms with Gasteiger partial charge in [-0.2, -0.15) is 5.06 Å². The lowest BCUT2D eigenvalue weighted by atomic mass is 10.2. The second-order valence-corrected chi connectivity index (χ2v) is 5.47. The Labute approximate surface area is 120 Å². The summed E-state index contributed by atoms with van der Waals surface area (Å²) in [4.78, 5) is 5.45. The zero-order valence-corrected chi connectivity index (χ0v) is 11.9. The first-order valence-electron chi connectivity index (χ1n) is 6.00. The molecule has 3 rings (SSSR count). The predicted octanol–water partition coefficient (Wildman–Crippen LogP) is 3.90. The summed E-state index contributed by atoms with van der Waals surface area (Å²) >= 11 is 7.64. The summed E-state index contributed by atoms with van der Waals surface area (Å²) < 4.78 is 0. The normalized spacial score (nSPS) is 17.8. The molecule has 0 saturated carbocycles. The van der Waals surface area contributed by atoms with Gasteiger partial charge in [0.1, 0.15) is 6.26 Å². The van der Waals surface area contributed by atoms with Gasteiger partial charge in [-0.25, -0.2) is 0 Å². The predicted molar refractivity (Wildman–Crippen MR) is 77.1 cm³/mol. The van der Waals surface area contributed by atoms with Crippen molar-refractivity contribution in [3.8, 4) is 10.6 Å². The first-order valence-corrected chi connectivity index (χ1v) is 7.20. The fourth-order valence-electron chi connectivity index (χ4n) is 1.88. The number of halogens is 1. The summed E-state index contributed by atoms with van der Waals surface area (Å²) in [5.74, 6) is 0. The molecule has 1 aromatic carbocycles. The SMILES string of the molecule is CCC1C=CON1c1nnc(-c2ccccc2Cl)s1. The first-order chi connectivity index (χ1) is 9.29. The molecule has 1 atom stereocenters. The number of rotatable bonds is 3. The van der Waals surface area contributed by atoms with Crippen LogP contribution in [0.3, 0.4) is 0 Å². The van der Waals surface area contributed by atoms with E-state index >= 15 is 0 Å². The Hall–Kier alpha value is -1.59. The summed E-state index contributed by atoms with van der Waals surface area (Å²) in [6, 6.07) is 7.83. The van der Waals surface area contributed by atoms with Crippen molar-refractivity contribution in [2.24, 2.45) is 0 Å². The zero-order valence-electron chi connectivity index (χ0n) is 10.3. The molecule has 0 spiro atoms. The van der Waals surface area contributed by atoms with Gasteiger partial charge in [0, 0.05) is 5.56 Å². The van der Waals surface area contributed by atoms with E-state index in [0.29, 0.717) is 5.02 Å². The molecule has 2 heterocycles. The molecule has 1 aliphatic rings. The van der Waals surface area contributed by atoms with Gasteiger partial charge in [-0.1, -0.05) is 48.1 Å². The lowest BCUT2D eigenvalue weighted by molar-refractivity contribution is 0.221. The van der Waals surface area contributed by atoms with Crippen LogP contribution in [0.4, 0.5) is 5.13 Å². The topological polar surface area (TPSA) is 38.2 Å². The van der Waals surface area contributed by atoms with Gasteiger partial charge in [-0.15, -0.1) is 10.2 Å². The van der Waals surface area contributed by atoms with Crippen molar-refractivity contribution in [1.82, 2.24) is 10.2 Å². The number of benzene rings is 1. The molecule has 0 aliphatic carbocycles. The highest BCUT2D eigenvalue weighted by Crippen LogP contribution is 2.35. The molecule has 0 N–H and O–H groups in total. The fourth-order valence-corrected chi connectivity index (χ4v) is 3.06. The molecule has 2 aromatic rings. The Bertz CT molecular complexity index is 613. The smallest absolute Gasteiger partial charge is 0.242 e.